The van der Waals surface area contributed by atoms with Crippen molar-refractivity contribution in [2.24, 2.45) is 5.41 Å². The van der Waals surface area contributed by atoms with Crippen LogP contribution in [-0.4, -0.2) is 24.2 Å². The molecule has 0 aliphatic heterocycles. The number of halogens is 2. The second kappa shape index (κ2) is 7.87. The molecule has 112 valence electrons. The first-order valence-corrected chi connectivity index (χ1v) is 7.53. The molecule has 0 unspecified atom stereocenters. The average Bonchev–Trinajstić information content (AvgIpc) is 2.44. The molecule has 0 radical (unpaired) electrons. The lowest BCUT2D eigenvalue weighted by molar-refractivity contribution is -0.121. The van der Waals surface area contributed by atoms with E-state index >= 15 is 0 Å². The summed E-state index contributed by atoms with van der Waals surface area (Å²) in [6.45, 7) is 4.58. The Hall–Kier alpha value is -0.770. The van der Waals surface area contributed by atoms with Crippen molar-refractivity contribution < 1.29 is 9.90 Å². The fraction of sp³-hybridized carbons (Fsp3) is 0.533. The van der Waals surface area contributed by atoms with Crippen LogP contribution in [0.25, 0.3) is 0 Å². The van der Waals surface area contributed by atoms with Gasteiger partial charge in [0.25, 0.3) is 0 Å². The number of rotatable bonds is 7. The fourth-order valence-electron chi connectivity index (χ4n) is 1.97. The average molecular weight is 318 g/mol. The summed E-state index contributed by atoms with van der Waals surface area (Å²) in [7, 11) is 0. The van der Waals surface area contributed by atoms with E-state index in [1.807, 2.05) is 13.8 Å². The molecule has 1 rings (SSSR count). The number of hydrogen-bond donors (Lipinski definition) is 2. The molecule has 0 fully saturated rings. The molecule has 2 N–H and O–H groups in total. The Kier molecular flexibility index (Phi) is 6.80. The van der Waals surface area contributed by atoms with E-state index in [0.717, 1.165) is 18.4 Å². The number of carbonyl (C=O) groups is 1. The monoisotopic (exact) mass is 317 g/mol. The molecular formula is C15H21Cl2NO2. The van der Waals surface area contributed by atoms with Crippen molar-refractivity contribution in [1.29, 1.82) is 0 Å². The van der Waals surface area contributed by atoms with E-state index in [9.17, 15) is 9.90 Å². The summed E-state index contributed by atoms with van der Waals surface area (Å²) < 4.78 is 0. The molecule has 0 aliphatic carbocycles. The van der Waals surface area contributed by atoms with E-state index in [-0.39, 0.29) is 24.3 Å². The van der Waals surface area contributed by atoms with E-state index in [2.05, 4.69) is 5.32 Å². The molecule has 20 heavy (non-hydrogen) atoms. The van der Waals surface area contributed by atoms with Crippen molar-refractivity contribution in [3.05, 3.63) is 33.8 Å². The topological polar surface area (TPSA) is 49.3 Å². The van der Waals surface area contributed by atoms with Crippen LogP contribution in [0.4, 0.5) is 0 Å². The van der Waals surface area contributed by atoms with Gasteiger partial charge in [0.15, 0.2) is 0 Å². The van der Waals surface area contributed by atoms with Gasteiger partial charge in [0.2, 0.25) is 5.91 Å². The molecule has 5 heteroatoms. The number of nitrogens with one attached hydrogen (secondary N) is 1. The van der Waals surface area contributed by atoms with Crippen LogP contribution >= 0.6 is 23.2 Å². The molecule has 0 saturated carbocycles. The Morgan fingerprint density at radius 2 is 1.95 bits per heavy atom. The van der Waals surface area contributed by atoms with E-state index in [1.165, 1.54) is 0 Å². The van der Waals surface area contributed by atoms with Gasteiger partial charge in [0, 0.05) is 22.0 Å². The highest BCUT2D eigenvalue weighted by Gasteiger charge is 2.25. The maximum atomic E-state index is 12.0. The zero-order valence-electron chi connectivity index (χ0n) is 11.9. The zero-order chi connectivity index (χ0) is 15.2. The van der Waals surface area contributed by atoms with Gasteiger partial charge >= 0.3 is 0 Å². The number of amides is 1. The van der Waals surface area contributed by atoms with Gasteiger partial charge in [-0.25, -0.2) is 0 Å². The maximum absolute atomic E-state index is 12.0. The summed E-state index contributed by atoms with van der Waals surface area (Å²) in [5.74, 6) is -0.103. The van der Waals surface area contributed by atoms with Gasteiger partial charge < -0.3 is 10.4 Å². The maximum Gasteiger partial charge on any atom is 0.224 e. The summed E-state index contributed by atoms with van der Waals surface area (Å²) in [4.78, 5) is 12.0. The standard InChI is InChI=1S/C15H21Cl2NO2/c1-3-15(4-2,10-19)9-18-14(20)7-11-5-6-12(16)8-13(11)17/h5-6,8,19H,3-4,7,9-10H2,1-2H3,(H,18,20). The fourth-order valence-corrected chi connectivity index (χ4v) is 2.44. The third kappa shape index (κ3) is 4.65. The predicted molar refractivity (Wildman–Crippen MR) is 83.3 cm³/mol. The number of hydrogen-bond acceptors (Lipinski definition) is 2. The Morgan fingerprint density at radius 1 is 1.30 bits per heavy atom. The first kappa shape index (κ1) is 17.3. The number of aliphatic hydroxyl groups is 1. The quantitative estimate of drug-likeness (QED) is 0.809. The van der Waals surface area contributed by atoms with E-state index in [4.69, 9.17) is 23.2 Å². The van der Waals surface area contributed by atoms with Crippen LogP contribution in [0.5, 0.6) is 0 Å². The lowest BCUT2D eigenvalue weighted by Gasteiger charge is -2.29. The van der Waals surface area contributed by atoms with Gasteiger partial charge in [-0.2, -0.15) is 0 Å². The third-order valence-corrected chi connectivity index (χ3v) is 4.45. The Balaban J connectivity index is 2.60. The summed E-state index contributed by atoms with van der Waals surface area (Å²) in [6, 6.07) is 5.09. The van der Waals surface area contributed by atoms with Crippen LogP contribution in [0.15, 0.2) is 18.2 Å². The molecule has 1 aromatic carbocycles. The minimum atomic E-state index is -0.237. The van der Waals surface area contributed by atoms with E-state index in [0.29, 0.717) is 16.6 Å². The molecule has 0 aromatic heterocycles. The summed E-state index contributed by atoms with van der Waals surface area (Å²) in [5.41, 5.74) is 0.510. The number of aliphatic hydroxyl groups excluding tert-OH is 1. The van der Waals surface area contributed by atoms with Crippen molar-refractivity contribution in [3.63, 3.8) is 0 Å². The highest BCUT2D eigenvalue weighted by Crippen LogP contribution is 2.25. The Bertz CT molecular complexity index is 451. The van der Waals surface area contributed by atoms with Crippen LogP contribution in [0.1, 0.15) is 32.3 Å². The molecular weight excluding hydrogens is 297 g/mol. The van der Waals surface area contributed by atoms with Crippen molar-refractivity contribution in [1.82, 2.24) is 5.32 Å². The lowest BCUT2D eigenvalue weighted by Crippen LogP contribution is -2.40. The molecule has 1 aromatic rings. The molecule has 0 heterocycles. The minimum absolute atomic E-state index is 0.0714. The smallest absolute Gasteiger partial charge is 0.224 e. The van der Waals surface area contributed by atoms with Crippen molar-refractivity contribution in [2.45, 2.75) is 33.1 Å². The van der Waals surface area contributed by atoms with Crippen molar-refractivity contribution in [3.8, 4) is 0 Å². The molecule has 0 bridgehead atoms. The van der Waals surface area contributed by atoms with Crippen molar-refractivity contribution in [2.75, 3.05) is 13.2 Å². The van der Waals surface area contributed by atoms with Gasteiger partial charge in [-0.3, -0.25) is 4.79 Å². The molecule has 0 saturated heterocycles. The largest absolute Gasteiger partial charge is 0.396 e. The van der Waals surface area contributed by atoms with Gasteiger partial charge in [0.1, 0.15) is 0 Å². The first-order chi connectivity index (χ1) is 9.46. The highest BCUT2D eigenvalue weighted by molar-refractivity contribution is 6.35. The van der Waals surface area contributed by atoms with E-state index < -0.39 is 0 Å². The predicted octanol–water partition coefficient (Wildman–Crippen LogP) is 3.45. The third-order valence-electron chi connectivity index (χ3n) is 3.86. The SMILES string of the molecule is CCC(CC)(CO)CNC(=O)Cc1ccc(Cl)cc1Cl. The summed E-state index contributed by atoms with van der Waals surface area (Å²) >= 11 is 11.9. The summed E-state index contributed by atoms with van der Waals surface area (Å²) in [6.07, 6.45) is 1.86. The van der Waals surface area contributed by atoms with Crippen LogP contribution in [-0.2, 0) is 11.2 Å². The Morgan fingerprint density at radius 3 is 2.45 bits per heavy atom. The Labute approximate surface area is 130 Å². The molecule has 3 nitrogen and oxygen atoms in total. The van der Waals surface area contributed by atoms with Crippen LogP contribution < -0.4 is 5.32 Å². The zero-order valence-corrected chi connectivity index (χ0v) is 13.4. The minimum Gasteiger partial charge on any atom is -0.396 e. The van der Waals surface area contributed by atoms with Gasteiger partial charge in [-0.15, -0.1) is 0 Å². The highest BCUT2D eigenvalue weighted by atomic mass is 35.5. The second-order valence-corrected chi connectivity index (χ2v) is 5.90. The first-order valence-electron chi connectivity index (χ1n) is 6.78. The second-order valence-electron chi connectivity index (χ2n) is 5.05. The summed E-state index contributed by atoms with van der Waals surface area (Å²) in [5, 5.41) is 13.4. The molecule has 0 spiro atoms. The van der Waals surface area contributed by atoms with Gasteiger partial charge in [-0.05, 0) is 30.5 Å². The van der Waals surface area contributed by atoms with Gasteiger partial charge in [-0.1, -0.05) is 43.1 Å². The number of benzene rings is 1. The van der Waals surface area contributed by atoms with Crippen molar-refractivity contribution >= 4 is 29.1 Å². The molecule has 0 atom stereocenters. The van der Waals surface area contributed by atoms with Crippen LogP contribution in [0, 0.1) is 5.41 Å². The van der Waals surface area contributed by atoms with Gasteiger partial charge in [0.05, 0.1) is 13.0 Å². The number of carbonyl (C=O) groups excluding carboxylic acids is 1. The lowest BCUT2D eigenvalue weighted by atomic mass is 9.83. The van der Waals surface area contributed by atoms with Crippen LogP contribution in [0.2, 0.25) is 10.0 Å². The molecule has 1 amide bonds. The van der Waals surface area contributed by atoms with E-state index in [1.54, 1.807) is 18.2 Å². The van der Waals surface area contributed by atoms with Crippen LogP contribution in [0.3, 0.4) is 0 Å². The molecule has 0 aliphatic rings. The normalized spacial score (nSPS) is 11.4.